The van der Waals surface area contributed by atoms with E-state index in [0.29, 0.717) is 0 Å². The molecule has 0 aliphatic carbocycles. The van der Waals surface area contributed by atoms with Crippen LogP contribution in [0, 0.1) is 0 Å². The smallest absolute Gasteiger partial charge is 0.230 e. The second-order valence-corrected chi connectivity index (χ2v) is 7.36. The fourth-order valence-corrected chi connectivity index (χ4v) is 5.02. The van der Waals surface area contributed by atoms with Crippen molar-refractivity contribution in [3.8, 4) is 5.88 Å². The Labute approximate surface area is 146 Å². The predicted molar refractivity (Wildman–Crippen MR) is 105 cm³/mol. The van der Waals surface area contributed by atoms with Gasteiger partial charge in [0.25, 0.3) is 0 Å². The van der Waals surface area contributed by atoms with Crippen molar-refractivity contribution >= 4 is 58.8 Å². The maximum Gasteiger partial charge on any atom is 0.230 e. The molecule has 0 fully saturated rings. The van der Waals surface area contributed by atoms with Crippen LogP contribution in [0.4, 0.5) is 0 Å². The molecule has 0 saturated heterocycles. The topological polar surface area (TPSA) is 37.5 Å². The predicted octanol–water partition coefficient (Wildman–Crippen LogP) is 5.71. The lowest BCUT2D eigenvalue weighted by Crippen LogP contribution is -1.91. The van der Waals surface area contributed by atoms with Crippen LogP contribution in [0.3, 0.4) is 0 Å². The number of hydrogen-bond acceptors (Lipinski definition) is 3. The molecule has 0 aliphatic rings. The molecule has 3 aromatic carbocycles. The van der Waals surface area contributed by atoms with E-state index in [0.717, 1.165) is 21.9 Å². The number of pyridine rings is 1. The molecule has 3 heterocycles. The Kier molecular flexibility index (Phi) is 2.37. The van der Waals surface area contributed by atoms with Gasteiger partial charge < -0.3 is 5.11 Å². The molecule has 0 unspecified atom stereocenters. The molecule has 6 rings (SSSR count). The van der Waals surface area contributed by atoms with Crippen LogP contribution in [-0.2, 0) is 0 Å². The van der Waals surface area contributed by atoms with E-state index < -0.39 is 0 Å². The van der Waals surface area contributed by atoms with Gasteiger partial charge in [-0.1, -0.05) is 48.5 Å². The third kappa shape index (κ3) is 1.62. The molecule has 0 radical (unpaired) electrons. The summed E-state index contributed by atoms with van der Waals surface area (Å²) < 4.78 is 4.56. The van der Waals surface area contributed by atoms with Crippen LogP contribution < -0.4 is 0 Å². The van der Waals surface area contributed by atoms with Crippen molar-refractivity contribution in [2.45, 2.75) is 0 Å². The molecule has 6 aromatic rings. The third-order valence-electron chi connectivity index (χ3n) is 4.91. The number of nitrogens with zero attached hydrogens (tertiary/aromatic N) is 2. The maximum atomic E-state index is 10.1. The van der Waals surface area contributed by atoms with Gasteiger partial charge in [-0.2, -0.15) is 4.98 Å². The van der Waals surface area contributed by atoms with E-state index >= 15 is 0 Å². The molecule has 0 amide bonds. The van der Waals surface area contributed by atoms with E-state index in [1.165, 1.54) is 25.6 Å². The molecule has 0 aliphatic heterocycles. The van der Waals surface area contributed by atoms with Crippen LogP contribution in [0.2, 0.25) is 0 Å². The quantitative estimate of drug-likeness (QED) is 0.359. The van der Waals surface area contributed by atoms with Gasteiger partial charge in [-0.05, 0) is 17.5 Å². The molecule has 0 spiro atoms. The summed E-state index contributed by atoms with van der Waals surface area (Å²) in [4.78, 5) is 4.38. The molecule has 0 bridgehead atoms. The van der Waals surface area contributed by atoms with E-state index in [9.17, 15) is 5.11 Å². The average molecular weight is 340 g/mol. The Morgan fingerprint density at radius 3 is 2.40 bits per heavy atom. The van der Waals surface area contributed by atoms with Gasteiger partial charge in [0.05, 0.1) is 11.7 Å². The van der Waals surface area contributed by atoms with Gasteiger partial charge in [0.15, 0.2) is 0 Å². The highest BCUT2D eigenvalue weighted by atomic mass is 32.1. The minimum atomic E-state index is 0.0502. The van der Waals surface area contributed by atoms with Crippen LogP contribution in [0.1, 0.15) is 0 Å². The molecule has 0 atom stereocenters. The maximum absolute atomic E-state index is 10.1. The monoisotopic (exact) mass is 340 g/mol. The number of aromatic nitrogens is 2. The number of rotatable bonds is 0. The summed E-state index contributed by atoms with van der Waals surface area (Å²) in [6, 6.07) is 21.1. The first-order valence-electron chi connectivity index (χ1n) is 8.14. The lowest BCUT2D eigenvalue weighted by molar-refractivity contribution is 0.457. The highest BCUT2D eigenvalue weighted by Crippen LogP contribution is 2.41. The van der Waals surface area contributed by atoms with Gasteiger partial charge >= 0.3 is 0 Å². The highest BCUT2D eigenvalue weighted by Gasteiger charge is 2.16. The lowest BCUT2D eigenvalue weighted by Gasteiger charge is -2.09. The van der Waals surface area contributed by atoms with Crippen molar-refractivity contribution < 1.29 is 5.11 Å². The first-order valence-corrected chi connectivity index (χ1v) is 8.96. The summed E-state index contributed by atoms with van der Waals surface area (Å²) in [6.07, 6.45) is 1.72. The van der Waals surface area contributed by atoms with Gasteiger partial charge in [0.2, 0.25) is 5.88 Å². The Balaban J connectivity index is 2.05. The van der Waals surface area contributed by atoms with E-state index in [1.54, 1.807) is 17.5 Å². The van der Waals surface area contributed by atoms with Crippen molar-refractivity contribution in [1.82, 2.24) is 9.38 Å². The molecule has 25 heavy (non-hydrogen) atoms. The molecule has 0 saturated carbocycles. The largest absolute Gasteiger partial charge is 0.492 e. The fraction of sp³-hybridized carbons (Fsp3) is 0. The Morgan fingerprint density at radius 2 is 1.52 bits per heavy atom. The highest BCUT2D eigenvalue weighted by molar-refractivity contribution is 7.26. The standard InChI is InChI=1S/C21H12N2OS/c24-18-11-23-20-13(12-5-1-2-6-14(12)21(23)22-18)9-10-17-19(20)15-7-3-4-8-16(15)25-17/h1-11,24H. The van der Waals surface area contributed by atoms with Crippen molar-refractivity contribution in [3.63, 3.8) is 0 Å². The Bertz CT molecular complexity index is 1460. The number of benzene rings is 3. The van der Waals surface area contributed by atoms with Gasteiger partial charge in [-0.3, -0.25) is 4.40 Å². The van der Waals surface area contributed by atoms with Crippen LogP contribution in [-0.4, -0.2) is 14.5 Å². The number of thiophene rings is 1. The minimum Gasteiger partial charge on any atom is -0.492 e. The van der Waals surface area contributed by atoms with Crippen LogP contribution in [0.25, 0.3) is 47.5 Å². The molecule has 1 N–H and O–H groups in total. The summed E-state index contributed by atoms with van der Waals surface area (Å²) in [5, 5.41) is 15.9. The van der Waals surface area contributed by atoms with Gasteiger partial charge in [-0.15, -0.1) is 11.3 Å². The van der Waals surface area contributed by atoms with E-state index in [4.69, 9.17) is 0 Å². The van der Waals surface area contributed by atoms with Crippen molar-refractivity contribution in [1.29, 1.82) is 0 Å². The zero-order chi connectivity index (χ0) is 16.5. The second kappa shape index (κ2) is 4.49. The number of hydrogen-bond donors (Lipinski definition) is 1. The Morgan fingerprint density at radius 1 is 0.760 bits per heavy atom. The molecular weight excluding hydrogens is 328 g/mol. The first kappa shape index (κ1) is 13.2. The summed E-state index contributed by atoms with van der Waals surface area (Å²) in [5.41, 5.74) is 1.90. The SMILES string of the molecule is Oc1cn2c(n1)c1ccccc1c1ccc3sc4ccccc4c3c12. The average Bonchev–Trinajstić information content (AvgIpc) is 3.21. The Hall–Kier alpha value is -3.11. The lowest BCUT2D eigenvalue weighted by atomic mass is 10.0. The normalized spacial score (nSPS) is 12.2. The van der Waals surface area contributed by atoms with Gasteiger partial charge in [0, 0.05) is 30.9 Å². The molecule has 3 aromatic heterocycles. The molecule has 4 heteroatoms. The summed E-state index contributed by atoms with van der Waals surface area (Å²) >= 11 is 1.80. The molecule has 118 valence electrons. The minimum absolute atomic E-state index is 0.0502. The van der Waals surface area contributed by atoms with Crippen LogP contribution in [0.5, 0.6) is 5.88 Å². The summed E-state index contributed by atoms with van der Waals surface area (Å²) in [7, 11) is 0. The zero-order valence-corrected chi connectivity index (χ0v) is 13.9. The van der Waals surface area contributed by atoms with Crippen molar-refractivity contribution in [2.24, 2.45) is 0 Å². The number of fused-ring (bicyclic) bond motifs is 10. The van der Waals surface area contributed by atoms with E-state index in [2.05, 4.69) is 59.6 Å². The van der Waals surface area contributed by atoms with Gasteiger partial charge in [0.1, 0.15) is 5.65 Å². The molecular formula is C21H12N2OS. The first-order chi connectivity index (χ1) is 12.3. The summed E-state index contributed by atoms with van der Waals surface area (Å²) in [6.45, 7) is 0. The van der Waals surface area contributed by atoms with Crippen molar-refractivity contribution in [3.05, 3.63) is 66.9 Å². The number of imidazole rings is 1. The molecule has 3 nitrogen and oxygen atoms in total. The third-order valence-corrected chi connectivity index (χ3v) is 6.04. The van der Waals surface area contributed by atoms with Crippen LogP contribution >= 0.6 is 11.3 Å². The second-order valence-electron chi connectivity index (χ2n) is 6.27. The van der Waals surface area contributed by atoms with E-state index in [-0.39, 0.29) is 5.88 Å². The van der Waals surface area contributed by atoms with Gasteiger partial charge in [-0.25, -0.2) is 0 Å². The fourth-order valence-electron chi connectivity index (χ4n) is 3.91. The van der Waals surface area contributed by atoms with Crippen LogP contribution in [0.15, 0.2) is 66.9 Å². The van der Waals surface area contributed by atoms with Crippen molar-refractivity contribution in [2.75, 3.05) is 0 Å². The van der Waals surface area contributed by atoms with E-state index in [1.807, 2.05) is 10.5 Å². The zero-order valence-electron chi connectivity index (χ0n) is 13.1. The summed E-state index contributed by atoms with van der Waals surface area (Å²) in [5.74, 6) is 0.0502. The number of aromatic hydroxyl groups is 1.